The van der Waals surface area contributed by atoms with Crippen LogP contribution in [0.3, 0.4) is 0 Å². The molecule has 0 aliphatic rings. The van der Waals surface area contributed by atoms with Gasteiger partial charge in [-0.2, -0.15) is 0 Å². The minimum absolute atomic E-state index is 0.0301. The zero-order valence-electron chi connectivity index (χ0n) is 7.83. The molecule has 13 heavy (non-hydrogen) atoms. The van der Waals surface area contributed by atoms with Crippen LogP contribution in [0, 0.1) is 5.41 Å². The highest BCUT2D eigenvalue weighted by atomic mass is 32.1. The molecule has 0 aliphatic carbocycles. The zero-order chi connectivity index (χ0) is 9.90. The summed E-state index contributed by atoms with van der Waals surface area (Å²) in [6, 6.07) is 3.77. The molecule has 1 rings (SSSR count). The molecule has 1 amide bonds. The smallest absolute Gasteiger partial charge is 0.231 e. The van der Waals surface area contributed by atoms with E-state index in [2.05, 4.69) is 5.32 Å². The van der Waals surface area contributed by atoms with Gasteiger partial charge in [-0.15, -0.1) is 11.3 Å². The number of nitrogens with two attached hydrogens (primary N) is 1. The molecule has 0 radical (unpaired) electrons. The largest absolute Gasteiger partial charge is 0.329 e. The Balaban J connectivity index is 2.61. The van der Waals surface area contributed by atoms with Gasteiger partial charge < -0.3 is 11.1 Å². The molecule has 0 unspecified atom stereocenters. The Morgan fingerprint density at radius 1 is 1.69 bits per heavy atom. The molecule has 3 nitrogen and oxygen atoms in total. The number of carbonyl (C=O) groups is 1. The van der Waals surface area contributed by atoms with Gasteiger partial charge in [-0.25, -0.2) is 0 Å². The van der Waals surface area contributed by atoms with Gasteiger partial charge in [-0.05, 0) is 31.4 Å². The van der Waals surface area contributed by atoms with Crippen molar-refractivity contribution in [2.75, 3.05) is 11.9 Å². The van der Waals surface area contributed by atoms with Gasteiger partial charge in [-0.3, -0.25) is 4.79 Å². The van der Waals surface area contributed by atoms with E-state index in [1.807, 2.05) is 31.4 Å². The molecule has 0 fully saturated rings. The maximum Gasteiger partial charge on any atom is 0.231 e. The van der Waals surface area contributed by atoms with Gasteiger partial charge in [0.2, 0.25) is 5.91 Å². The number of carbonyl (C=O) groups excluding carboxylic acids is 1. The van der Waals surface area contributed by atoms with Crippen molar-refractivity contribution in [3.05, 3.63) is 17.5 Å². The van der Waals surface area contributed by atoms with Crippen molar-refractivity contribution in [1.82, 2.24) is 0 Å². The number of thiophene rings is 1. The third-order valence-corrected chi connectivity index (χ3v) is 2.67. The number of hydrogen-bond acceptors (Lipinski definition) is 3. The van der Waals surface area contributed by atoms with Gasteiger partial charge >= 0.3 is 0 Å². The van der Waals surface area contributed by atoms with Crippen molar-refractivity contribution >= 4 is 22.2 Å². The monoisotopic (exact) mass is 198 g/mol. The Kier molecular flexibility index (Phi) is 3.06. The van der Waals surface area contributed by atoms with Crippen LogP contribution < -0.4 is 11.1 Å². The Bertz CT molecular complexity index is 280. The first-order valence-electron chi connectivity index (χ1n) is 4.11. The van der Waals surface area contributed by atoms with E-state index in [4.69, 9.17) is 5.73 Å². The third-order valence-electron chi connectivity index (χ3n) is 1.88. The summed E-state index contributed by atoms with van der Waals surface area (Å²) in [6.07, 6.45) is 0. The molecule has 0 bridgehead atoms. The Morgan fingerprint density at radius 3 is 2.85 bits per heavy atom. The topological polar surface area (TPSA) is 55.1 Å². The zero-order valence-corrected chi connectivity index (χ0v) is 8.65. The van der Waals surface area contributed by atoms with Crippen LogP contribution in [0.1, 0.15) is 13.8 Å². The average molecular weight is 198 g/mol. The molecule has 0 aliphatic heterocycles. The van der Waals surface area contributed by atoms with E-state index in [0.717, 1.165) is 5.00 Å². The lowest BCUT2D eigenvalue weighted by Crippen LogP contribution is -2.37. The van der Waals surface area contributed by atoms with Crippen LogP contribution >= 0.6 is 11.3 Å². The highest BCUT2D eigenvalue weighted by Gasteiger charge is 2.25. The van der Waals surface area contributed by atoms with E-state index in [1.54, 1.807) is 0 Å². The Labute approximate surface area is 81.9 Å². The summed E-state index contributed by atoms with van der Waals surface area (Å²) in [7, 11) is 0. The molecule has 1 aromatic heterocycles. The first kappa shape index (κ1) is 10.2. The molecule has 0 saturated carbocycles. The van der Waals surface area contributed by atoms with Gasteiger partial charge in [0.1, 0.15) is 0 Å². The van der Waals surface area contributed by atoms with Crippen molar-refractivity contribution in [3.63, 3.8) is 0 Å². The lowest BCUT2D eigenvalue weighted by Gasteiger charge is -2.20. The predicted molar refractivity (Wildman–Crippen MR) is 55.8 cm³/mol. The first-order chi connectivity index (χ1) is 6.06. The van der Waals surface area contributed by atoms with Gasteiger partial charge in [0.15, 0.2) is 0 Å². The second-order valence-electron chi connectivity index (χ2n) is 3.52. The maximum atomic E-state index is 11.6. The number of rotatable bonds is 3. The number of hydrogen-bond donors (Lipinski definition) is 2. The van der Waals surface area contributed by atoms with Crippen LogP contribution in [0.5, 0.6) is 0 Å². The van der Waals surface area contributed by atoms with Crippen LogP contribution in [0.4, 0.5) is 5.00 Å². The van der Waals surface area contributed by atoms with E-state index in [-0.39, 0.29) is 5.91 Å². The standard InChI is InChI=1S/C9H14N2OS/c1-9(2,6-10)8(12)11-7-4-3-5-13-7/h3-5H,6,10H2,1-2H3,(H,11,12). The fourth-order valence-corrected chi connectivity index (χ4v) is 1.34. The first-order valence-corrected chi connectivity index (χ1v) is 4.99. The van der Waals surface area contributed by atoms with Gasteiger partial charge in [0.05, 0.1) is 10.4 Å². The van der Waals surface area contributed by atoms with Crippen LogP contribution in [-0.4, -0.2) is 12.5 Å². The summed E-state index contributed by atoms with van der Waals surface area (Å²) in [5.41, 5.74) is 4.98. The van der Waals surface area contributed by atoms with Crippen LogP contribution in [0.25, 0.3) is 0 Å². The van der Waals surface area contributed by atoms with Crippen LogP contribution in [0.15, 0.2) is 17.5 Å². The van der Waals surface area contributed by atoms with E-state index in [9.17, 15) is 4.79 Å². The summed E-state index contributed by atoms with van der Waals surface area (Å²) in [5.74, 6) is -0.0301. The molecule has 0 saturated heterocycles. The Morgan fingerprint density at radius 2 is 2.38 bits per heavy atom. The highest BCUT2D eigenvalue weighted by molar-refractivity contribution is 7.14. The number of amides is 1. The number of nitrogens with one attached hydrogen (secondary N) is 1. The predicted octanol–water partition coefficient (Wildman–Crippen LogP) is 1.67. The normalized spacial score (nSPS) is 11.3. The lowest BCUT2D eigenvalue weighted by atomic mass is 9.93. The van der Waals surface area contributed by atoms with Gasteiger partial charge in [0, 0.05) is 6.54 Å². The van der Waals surface area contributed by atoms with Crippen molar-refractivity contribution in [2.45, 2.75) is 13.8 Å². The maximum absolute atomic E-state index is 11.6. The van der Waals surface area contributed by atoms with Crippen molar-refractivity contribution < 1.29 is 4.79 Å². The van der Waals surface area contributed by atoms with E-state index >= 15 is 0 Å². The minimum atomic E-state index is -0.496. The average Bonchev–Trinajstić information content (AvgIpc) is 2.57. The summed E-state index contributed by atoms with van der Waals surface area (Å²) < 4.78 is 0. The SMILES string of the molecule is CC(C)(CN)C(=O)Nc1cccs1. The second-order valence-corrected chi connectivity index (χ2v) is 4.47. The van der Waals surface area contributed by atoms with E-state index in [0.29, 0.717) is 6.54 Å². The molecule has 72 valence electrons. The summed E-state index contributed by atoms with van der Waals surface area (Å²) >= 11 is 1.51. The van der Waals surface area contributed by atoms with Crippen molar-refractivity contribution in [2.24, 2.45) is 11.1 Å². The summed E-state index contributed by atoms with van der Waals surface area (Å²) in [6.45, 7) is 4.01. The molecule has 3 N–H and O–H groups in total. The van der Waals surface area contributed by atoms with Crippen LogP contribution in [0.2, 0.25) is 0 Å². The summed E-state index contributed by atoms with van der Waals surface area (Å²) in [5, 5.41) is 5.60. The minimum Gasteiger partial charge on any atom is -0.329 e. The number of anilines is 1. The van der Waals surface area contributed by atoms with Gasteiger partial charge in [-0.1, -0.05) is 0 Å². The van der Waals surface area contributed by atoms with Crippen molar-refractivity contribution in [1.29, 1.82) is 0 Å². The highest BCUT2D eigenvalue weighted by Crippen LogP contribution is 2.20. The molecular weight excluding hydrogens is 184 g/mol. The van der Waals surface area contributed by atoms with E-state index in [1.165, 1.54) is 11.3 Å². The lowest BCUT2D eigenvalue weighted by molar-refractivity contribution is -0.123. The fraction of sp³-hybridized carbons (Fsp3) is 0.444. The summed E-state index contributed by atoms with van der Waals surface area (Å²) in [4.78, 5) is 11.6. The molecule has 0 aromatic carbocycles. The quantitative estimate of drug-likeness (QED) is 0.776. The molecule has 1 aromatic rings. The molecule has 4 heteroatoms. The Hall–Kier alpha value is -0.870. The fourth-order valence-electron chi connectivity index (χ4n) is 0.723. The third kappa shape index (κ3) is 2.54. The molecular formula is C9H14N2OS. The van der Waals surface area contributed by atoms with Crippen molar-refractivity contribution in [3.8, 4) is 0 Å². The second kappa shape index (κ2) is 3.89. The van der Waals surface area contributed by atoms with Crippen LogP contribution in [-0.2, 0) is 4.79 Å². The van der Waals surface area contributed by atoms with E-state index < -0.39 is 5.41 Å². The van der Waals surface area contributed by atoms with Gasteiger partial charge in [0.25, 0.3) is 0 Å². The molecule has 0 atom stereocenters. The molecule has 0 spiro atoms. The molecule has 1 heterocycles.